The van der Waals surface area contributed by atoms with Gasteiger partial charge < -0.3 is 19.8 Å². The molecule has 2 N–H and O–H groups in total. The third-order valence-corrected chi connectivity index (χ3v) is 4.04. The SMILES string of the molecule is CCCCOc1ncccc1CN=C(NCC)NCc1ncc(C(C)(C)C)o1. The lowest BCUT2D eigenvalue weighted by molar-refractivity contribution is 0.294. The van der Waals surface area contributed by atoms with Crippen LogP contribution in [-0.2, 0) is 18.5 Å². The van der Waals surface area contributed by atoms with E-state index in [0.717, 1.165) is 30.7 Å². The summed E-state index contributed by atoms with van der Waals surface area (Å²) in [5, 5.41) is 6.51. The molecule has 0 atom stereocenters. The van der Waals surface area contributed by atoms with Gasteiger partial charge in [-0.2, -0.15) is 0 Å². The molecule has 7 nitrogen and oxygen atoms in total. The molecule has 28 heavy (non-hydrogen) atoms. The number of hydrogen-bond donors (Lipinski definition) is 2. The van der Waals surface area contributed by atoms with Crippen molar-refractivity contribution >= 4 is 5.96 Å². The lowest BCUT2D eigenvalue weighted by atomic mass is 9.94. The van der Waals surface area contributed by atoms with Crippen LogP contribution in [0.4, 0.5) is 0 Å². The third-order valence-electron chi connectivity index (χ3n) is 4.04. The van der Waals surface area contributed by atoms with Crippen molar-refractivity contribution in [2.75, 3.05) is 13.2 Å². The zero-order chi connectivity index (χ0) is 20.4. The van der Waals surface area contributed by atoms with E-state index >= 15 is 0 Å². The highest BCUT2D eigenvalue weighted by Gasteiger charge is 2.19. The Morgan fingerprint density at radius 2 is 2.04 bits per heavy atom. The molecule has 0 aliphatic carbocycles. The van der Waals surface area contributed by atoms with Gasteiger partial charge in [-0.3, -0.25) is 0 Å². The first-order chi connectivity index (χ1) is 13.4. The summed E-state index contributed by atoms with van der Waals surface area (Å²) in [7, 11) is 0. The lowest BCUT2D eigenvalue weighted by Crippen LogP contribution is -2.36. The van der Waals surface area contributed by atoms with Crippen LogP contribution in [0.2, 0.25) is 0 Å². The number of hydrogen-bond acceptors (Lipinski definition) is 5. The van der Waals surface area contributed by atoms with Crippen LogP contribution in [0.15, 0.2) is 33.9 Å². The van der Waals surface area contributed by atoms with Gasteiger partial charge in [-0.05, 0) is 19.4 Å². The van der Waals surface area contributed by atoms with E-state index in [-0.39, 0.29) is 5.41 Å². The second-order valence-corrected chi connectivity index (χ2v) is 7.59. The molecule has 0 aliphatic heterocycles. The number of ether oxygens (including phenoxy) is 1. The summed E-state index contributed by atoms with van der Waals surface area (Å²) >= 11 is 0. The summed E-state index contributed by atoms with van der Waals surface area (Å²) in [6, 6.07) is 3.89. The summed E-state index contributed by atoms with van der Waals surface area (Å²) in [6.07, 6.45) is 5.63. The highest BCUT2D eigenvalue weighted by Crippen LogP contribution is 2.22. The van der Waals surface area contributed by atoms with E-state index in [1.54, 1.807) is 12.4 Å². The van der Waals surface area contributed by atoms with Crippen molar-refractivity contribution in [3.8, 4) is 5.88 Å². The molecule has 2 rings (SSSR count). The number of pyridine rings is 1. The standard InChI is InChI=1S/C21H33N5O2/c1-6-8-12-27-19-16(10-9-11-23-19)13-25-20(22-7-2)26-15-18-24-14-17(28-18)21(3,4)5/h9-11,14H,6-8,12-13,15H2,1-5H3,(H2,22,25,26). The number of rotatable bonds is 9. The maximum Gasteiger partial charge on any atom is 0.218 e. The first kappa shape index (κ1) is 21.7. The minimum absolute atomic E-state index is 0.0572. The number of nitrogens with one attached hydrogen (secondary N) is 2. The smallest absolute Gasteiger partial charge is 0.218 e. The fourth-order valence-electron chi connectivity index (χ4n) is 2.39. The van der Waals surface area contributed by atoms with Crippen molar-refractivity contribution in [1.29, 1.82) is 0 Å². The molecule has 0 radical (unpaired) electrons. The van der Waals surface area contributed by atoms with E-state index in [9.17, 15) is 0 Å². The van der Waals surface area contributed by atoms with Crippen LogP contribution >= 0.6 is 0 Å². The van der Waals surface area contributed by atoms with Crippen LogP contribution in [0.25, 0.3) is 0 Å². The zero-order valence-corrected chi connectivity index (χ0v) is 17.7. The number of nitrogens with zero attached hydrogens (tertiary/aromatic N) is 3. The number of unbranched alkanes of at least 4 members (excludes halogenated alkanes) is 1. The van der Waals surface area contributed by atoms with Crippen molar-refractivity contribution in [2.45, 2.75) is 66.0 Å². The summed E-state index contributed by atoms with van der Waals surface area (Å²) < 4.78 is 11.6. The van der Waals surface area contributed by atoms with Gasteiger partial charge in [0.25, 0.3) is 0 Å². The Labute approximate surface area is 168 Å². The highest BCUT2D eigenvalue weighted by molar-refractivity contribution is 5.79. The molecule has 0 saturated heterocycles. The molecule has 0 unspecified atom stereocenters. The van der Waals surface area contributed by atoms with E-state index in [2.05, 4.69) is 53.3 Å². The average Bonchev–Trinajstić information content (AvgIpc) is 3.15. The van der Waals surface area contributed by atoms with E-state index in [1.165, 1.54) is 0 Å². The van der Waals surface area contributed by atoms with Crippen LogP contribution in [0.3, 0.4) is 0 Å². The molecule has 0 aromatic carbocycles. The van der Waals surface area contributed by atoms with Crippen molar-refractivity contribution in [3.63, 3.8) is 0 Å². The van der Waals surface area contributed by atoms with Gasteiger partial charge in [-0.15, -0.1) is 0 Å². The molecule has 2 heterocycles. The molecule has 2 aromatic heterocycles. The molecule has 0 amide bonds. The predicted octanol–water partition coefficient (Wildman–Crippen LogP) is 3.80. The monoisotopic (exact) mass is 387 g/mol. The van der Waals surface area contributed by atoms with Gasteiger partial charge in [0.1, 0.15) is 5.76 Å². The third kappa shape index (κ3) is 6.87. The van der Waals surface area contributed by atoms with Crippen LogP contribution in [0.1, 0.15) is 64.7 Å². The molecule has 154 valence electrons. The Bertz CT molecular complexity index is 749. The Morgan fingerprint density at radius 3 is 2.71 bits per heavy atom. The summed E-state index contributed by atoms with van der Waals surface area (Å²) in [5.74, 6) is 2.86. The van der Waals surface area contributed by atoms with Gasteiger partial charge in [0.05, 0.1) is 25.9 Å². The second-order valence-electron chi connectivity index (χ2n) is 7.59. The molecular formula is C21H33N5O2. The molecular weight excluding hydrogens is 354 g/mol. The summed E-state index contributed by atoms with van der Waals surface area (Å²) in [6.45, 7) is 12.8. The Balaban J connectivity index is 2.00. The Morgan fingerprint density at radius 1 is 1.21 bits per heavy atom. The first-order valence-electron chi connectivity index (χ1n) is 9.98. The largest absolute Gasteiger partial charge is 0.477 e. The first-order valence-corrected chi connectivity index (χ1v) is 9.98. The maximum absolute atomic E-state index is 5.83. The number of aliphatic imine (C=N–C) groups is 1. The number of oxazole rings is 1. The molecule has 7 heteroatoms. The topological polar surface area (TPSA) is 84.6 Å². The predicted molar refractivity (Wildman–Crippen MR) is 111 cm³/mol. The van der Waals surface area contributed by atoms with Crippen molar-refractivity contribution in [1.82, 2.24) is 20.6 Å². The van der Waals surface area contributed by atoms with Gasteiger partial charge in [0.2, 0.25) is 11.8 Å². The number of guanidine groups is 1. The van der Waals surface area contributed by atoms with E-state index in [1.807, 2.05) is 19.1 Å². The average molecular weight is 388 g/mol. The fraction of sp³-hybridized carbons (Fsp3) is 0.571. The van der Waals surface area contributed by atoms with Crippen molar-refractivity contribution < 1.29 is 9.15 Å². The molecule has 0 fully saturated rings. The lowest BCUT2D eigenvalue weighted by Gasteiger charge is -2.13. The van der Waals surface area contributed by atoms with Gasteiger partial charge >= 0.3 is 0 Å². The van der Waals surface area contributed by atoms with Crippen molar-refractivity contribution in [3.05, 3.63) is 41.7 Å². The quantitative estimate of drug-likeness (QED) is 0.387. The summed E-state index contributed by atoms with van der Waals surface area (Å²) in [4.78, 5) is 13.3. The molecule has 0 spiro atoms. The highest BCUT2D eigenvalue weighted by atomic mass is 16.5. The maximum atomic E-state index is 5.83. The van der Waals surface area contributed by atoms with Crippen LogP contribution in [0, 0.1) is 0 Å². The second kappa shape index (κ2) is 10.7. The molecule has 0 aliphatic rings. The Hall–Kier alpha value is -2.57. The van der Waals surface area contributed by atoms with E-state index in [4.69, 9.17) is 9.15 Å². The van der Waals surface area contributed by atoms with Gasteiger partial charge in [0, 0.05) is 23.7 Å². The minimum Gasteiger partial charge on any atom is -0.477 e. The zero-order valence-electron chi connectivity index (χ0n) is 17.7. The van der Waals surface area contributed by atoms with E-state index < -0.39 is 0 Å². The van der Waals surface area contributed by atoms with Crippen molar-refractivity contribution in [2.24, 2.45) is 4.99 Å². The van der Waals surface area contributed by atoms with Gasteiger partial charge in [0.15, 0.2) is 5.96 Å². The molecule has 0 saturated carbocycles. The number of aromatic nitrogens is 2. The summed E-state index contributed by atoms with van der Waals surface area (Å²) in [5.41, 5.74) is 0.903. The normalized spacial score (nSPS) is 12.1. The molecule has 2 aromatic rings. The minimum atomic E-state index is -0.0572. The molecule has 0 bridgehead atoms. The van der Waals surface area contributed by atoms with Gasteiger partial charge in [-0.25, -0.2) is 15.0 Å². The van der Waals surface area contributed by atoms with Gasteiger partial charge in [-0.1, -0.05) is 40.2 Å². The Kier molecular flexibility index (Phi) is 8.29. The van der Waals surface area contributed by atoms with Crippen LogP contribution in [0.5, 0.6) is 5.88 Å². The van der Waals surface area contributed by atoms with Crippen LogP contribution < -0.4 is 15.4 Å². The fourth-order valence-corrected chi connectivity index (χ4v) is 2.39. The van der Waals surface area contributed by atoms with Crippen LogP contribution in [-0.4, -0.2) is 29.1 Å². The van der Waals surface area contributed by atoms with E-state index in [0.29, 0.717) is 37.4 Å².